The Labute approximate surface area is 167 Å². The second-order valence-electron chi connectivity index (χ2n) is 7.04. The third-order valence-electron chi connectivity index (χ3n) is 5.29. The number of nitrogens with zero attached hydrogens (tertiary/aromatic N) is 7. The molecule has 2 fully saturated rings. The van der Waals surface area contributed by atoms with Gasteiger partial charge in [0, 0.05) is 45.3 Å². The molecule has 5 rings (SSSR count). The van der Waals surface area contributed by atoms with Gasteiger partial charge in [0.1, 0.15) is 34.4 Å². The van der Waals surface area contributed by atoms with E-state index in [1.54, 1.807) is 17.7 Å². The lowest BCUT2D eigenvalue weighted by Gasteiger charge is -2.36. The molecule has 2 aliphatic rings. The Morgan fingerprint density at radius 1 is 0.893 bits per heavy atom. The maximum Gasteiger partial charge on any atom is 0.140 e. The van der Waals surface area contributed by atoms with E-state index in [0.717, 1.165) is 86.0 Å². The Morgan fingerprint density at radius 2 is 1.57 bits per heavy atom. The first-order chi connectivity index (χ1) is 13.8. The Hall–Kier alpha value is -2.52. The maximum absolute atomic E-state index is 5.47. The second kappa shape index (κ2) is 7.48. The van der Waals surface area contributed by atoms with Gasteiger partial charge in [0.25, 0.3) is 0 Å². The van der Waals surface area contributed by atoms with Crippen molar-refractivity contribution in [3.63, 3.8) is 0 Å². The molecule has 2 aliphatic heterocycles. The minimum Gasteiger partial charge on any atom is -0.378 e. The molecular weight excluding hydrogens is 374 g/mol. The number of hydrogen-bond acceptors (Lipinski definition) is 9. The number of rotatable bonds is 3. The minimum atomic E-state index is 0.757. The fourth-order valence-electron chi connectivity index (χ4n) is 3.83. The third kappa shape index (κ3) is 3.35. The molecule has 146 valence electrons. The molecule has 0 unspecified atom stereocenters. The first-order valence-corrected chi connectivity index (χ1v) is 10.5. The van der Waals surface area contributed by atoms with Crippen molar-refractivity contribution in [2.45, 2.75) is 6.92 Å². The summed E-state index contributed by atoms with van der Waals surface area (Å²) < 4.78 is 5.47. The molecule has 0 radical (unpaired) electrons. The van der Waals surface area contributed by atoms with Gasteiger partial charge in [0.05, 0.1) is 18.6 Å². The largest absolute Gasteiger partial charge is 0.378 e. The van der Waals surface area contributed by atoms with Gasteiger partial charge in [-0.25, -0.2) is 19.9 Å². The van der Waals surface area contributed by atoms with E-state index >= 15 is 0 Å². The first kappa shape index (κ1) is 17.6. The first-order valence-electron chi connectivity index (χ1n) is 9.64. The highest BCUT2D eigenvalue weighted by Crippen LogP contribution is 2.28. The normalized spacial score (nSPS) is 18.1. The number of aromatic nitrogens is 4. The molecule has 0 aliphatic carbocycles. The molecule has 3 aromatic rings. The van der Waals surface area contributed by atoms with Crippen molar-refractivity contribution >= 4 is 39.0 Å². The van der Waals surface area contributed by atoms with Crippen LogP contribution in [-0.2, 0) is 4.74 Å². The van der Waals surface area contributed by atoms with Crippen LogP contribution in [-0.4, -0.2) is 72.4 Å². The Kier molecular flexibility index (Phi) is 4.69. The van der Waals surface area contributed by atoms with Crippen molar-refractivity contribution in [3.8, 4) is 0 Å². The van der Waals surface area contributed by atoms with Gasteiger partial charge in [-0.15, -0.1) is 11.3 Å². The third-order valence-corrected chi connectivity index (χ3v) is 6.11. The average Bonchev–Trinajstić information content (AvgIpc) is 3.23. The van der Waals surface area contributed by atoms with Crippen LogP contribution in [0.3, 0.4) is 0 Å². The van der Waals surface area contributed by atoms with Crippen LogP contribution in [0.5, 0.6) is 0 Å². The summed E-state index contributed by atoms with van der Waals surface area (Å²) in [5, 5.41) is 3.23. The highest BCUT2D eigenvalue weighted by molar-refractivity contribution is 7.16. The number of thiophene rings is 1. The van der Waals surface area contributed by atoms with Crippen LogP contribution in [0.4, 0.5) is 17.5 Å². The number of aryl methyl sites for hydroxylation is 1. The lowest BCUT2D eigenvalue weighted by molar-refractivity contribution is 0.122. The van der Waals surface area contributed by atoms with Crippen molar-refractivity contribution in [1.29, 1.82) is 0 Å². The number of ether oxygens (including phenoxy) is 1. The zero-order valence-electron chi connectivity index (χ0n) is 15.9. The molecule has 5 heterocycles. The van der Waals surface area contributed by atoms with Crippen LogP contribution in [0.25, 0.3) is 10.2 Å². The van der Waals surface area contributed by atoms with E-state index in [2.05, 4.69) is 47.2 Å². The van der Waals surface area contributed by atoms with Gasteiger partial charge in [-0.1, -0.05) is 0 Å². The van der Waals surface area contributed by atoms with Crippen LogP contribution < -0.4 is 14.7 Å². The molecule has 0 amide bonds. The summed E-state index contributed by atoms with van der Waals surface area (Å²) in [6, 6.07) is 4.24. The lowest BCUT2D eigenvalue weighted by Crippen LogP contribution is -2.47. The molecule has 28 heavy (non-hydrogen) atoms. The monoisotopic (exact) mass is 397 g/mol. The minimum absolute atomic E-state index is 0.757. The summed E-state index contributed by atoms with van der Waals surface area (Å²) >= 11 is 1.66. The fourth-order valence-corrected chi connectivity index (χ4v) is 4.56. The standard InChI is InChI=1S/C19H23N7OS/c1-14-22-16(12-17(23-14)25-7-9-27-10-8-25)24-3-5-26(6-4-24)18-15-2-11-28-19(15)21-13-20-18/h2,11-13H,3-10H2,1H3. The topological polar surface area (TPSA) is 70.5 Å². The van der Waals surface area contributed by atoms with Crippen LogP contribution in [0.15, 0.2) is 23.8 Å². The van der Waals surface area contributed by atoms with Gasteiger partial charge in [-0.2, -0.15) is 0 Å². The molecule has 8 nitrogen and oxygen atoms in total. The predicted molar refractivity (Wildman–Crippen MR) is 112 cm³/mol. The smallest absolute Gasteiger partial charge is 0.140 e. The van der Waals surface area contributed by atoms with E-state index in [-0.39, 0.29) is 0 Å². The quantitative estimate of drug-likeness (QED) is 0.664. The van der Waals surface area contributed by atoms with E-state index in [1.165, 1.54) is 0 Å². The summed E-state index contributed by atoms with van der Waals surface area (Å²) in [6.07, 6.45) is 1.67. The second-order valence-corrected chi connectivity index (χ2v) is 7.94. The summed E-state index contributed by atoms with van der Waals surface area (Å²) in [7, 11) is 0. The van der Waals surface area contributed by atoms with Crippen molar-refractivity contribution in [2.75, 3.05) is 67.2 Å². The van der Waals surface area contributed by atoms with Crippen molar-refractivity contribution in [1.82, 2.24) is 19.9 Å². The molecule has 0 N–H and O–H groups in total. The van der Waals surface area contributed by atoms with Gasteiger partial charge < -0.3 is 19.4 Å². The van der Waals surface area contributed by atoms with Crippen LogP contribution in [0, 0.1) is 6.92 Å². The Morgan fingerprint density at radius 3 is 2.32 bits per heavy atom. The summed E-state index contributed by atoms with van der Waals surface area (Å²) in [6.45, 7) is 8.90. The predicted octanol–water partition coefficient (Wildman–Crippen LogP) is 1.95. The summed E-state index contributed by atoms with van der Waals surface area (Å²) in [4.78, 5) is 26.3. The average molecular weight is 398 g/mol. The van der Waals surface area contributed by atoms with Crippen LogP contribution >= 0.6 is 11.3 Å². The van der Waals surface area contributed by atoms with Crippen LogP contribution in [0.1, 0.15) is 5.82 Å². The molecule has 2 saturated heterocycles. The molecule has 0 saturated carbocycles. The SMILES string of the molecule is Cc1nc(N2CCOCC2)cc(N2CCN(c3ncnc4sccc34)CC2)n1. The fraction of sp³-hybridized carbons (Fsp3) is 0.474. The van der Waals surface area contributed by atoms with E-state index in [1.807, 2.05) is 6.92 Å². The number of piperazine rings is 1. The van der Waals surface area contributed by atoms with Gasteiger partial charge in [0.2, 0.25) is 0 Å². The Balaban J connectivity index is 1.33. The number of morpholine rings is 1. The van der Waals surface area contributed by atoms with Gasteiger partial charge >= 0.3 is 0 Å². The van der Waals surface area contributed by atoms with E-state index in [4.69, 9.17) is 9.72 Å². The highest BCUT2D eigenvalue weighted by Gasteiger charge is 2.23. The van der Waals surface area contributed by atoms with Crippen molar-refractivity contribution in [3.05, 3.63) is 29.7 Å². The summed E-state index contributed by atoms with van der Waals surface area (Å²) in [5.41, 5.74) is 0. The molecule has 0 atom stereocenters. The highest BCUT2D eigenvalue weighted by atomic mass is 32.1. The van der Waals surface area contributed by atoms with E-state index in [0.29, 0.717) is 0 Å². The van der Waals surface area contributed by atoms with Crippen molar-refractivity contribution in [2.24, 2.45) is 0 Å². The number of fused-ring (bicyclic) bond motifs is 1. The zero-order chi connectivity index (χ0) is 18.9. The number of hydrogen-bond donors (Lipinski definition) is 0. The van der Waals surface area contributed by atoms with Crippen molar-refractivity contribution < 1.29 is 4.74 Å². The molecule has 3 aromatic heterocycles. The molecular formula is C19H23N7OS. The summed E-state index contributed by atoms with van der Waals surface area (Å²) in [5.74, 6) is 3.87. The van der Waals surface area contributed by atoms with Gasteiger partial charge in [-0.3, -0.25) is 0 Å². The molecule has 0 bridgehead atoms. The maximum atomic E-state index is 5.47. The Bertz CT molecular complexity index is 964. The van der Waals surface area contributed by atoms with Gasteiger partial charge in [-0.05, 0) is 18.4 Å². The van der Waals surface area contributed by atoms with Crippen LogP contribution in [0.2, 0.25) is 0 Å². The zero-order valence-corrected chi connectivity index (χ0v) is 16.7. The van der Waals surface area contributed by atoms with E-state index in [9.17, 15) is 0 Å². The lowest BCUT2D eigenvalue weighted by atomic mass is 10.2. The number of anilines is 3. The molecule has 0 aromatic carbocycles. The molecule has 0 spiro atoms. The molecule has 9 heteroatoms. The van der Waals surface area contributed by atoms with Gasteiger partial charge in [0.15, 0.2) is 0 Å². The van der Waals surface area contributed by atoms with E-state index < -0.39 is 0 Å².